The molecule has 1 unspecified atom stereocenters. The lowest BCUT2D eigenvalue weighted by molar-refractivity contribution is -0.0868. The van der Waals surface area contributed by atoms with Gasteiger partial charge in [0.1, 0.15) is 0 Å². The Labute approximate surface area is 111 Å². The van der Waals surface area contributed by atoms with Crippen molar-refractivity contribution in [2.45, 2.75) is 44.1 Å². The molecule has 2 heterocycles. The molecule has 2 fully saturated rings. The van der Waals surface area contributed by atoms with Crippen LogP contribution in [0.15, 0.2) is 16.5 Å². The van der Waals surface area contributed by atoms with Crippen molar-refractivity contribution in [2.75, 3.05) is 6.61 Å². The van der Waals surface area contributed by atoms with Gasteiger partial charge in [0.2, 0.25) is 5.78 Å². The van der Waals surface area contributed by atoms with Gasteiger partial charge in [0.15, 0.2) is 11.0 Å². The van der Waals surface area contributed by atoms with Crippen LogP contribution in [0.1, 0.15) is 49.1 Å². The lowest BCUT2D eigenvalue weighted by atomic mass is 9.82. The van der Waals surface area contributed by atoms with Crippen molar-refractivity contribution in [3.05, 3.63) is 23.1 Å². The zero-order valence-corrected chi connectivity index (χ0v) is 11.0. The molecule has 1 aliphatic carbocycles. The summed E-state index contributed by atoms with van der Waals surface area (Å²) in [7, 11) is 0. The first-order chi connectivity index (χ1) is 8.69. The average Bonchev–Trinajstić information content (AvgIpc) is 2.98. The molecule has 1 atom stereocenters. The van der Waals surface area contributed by atoms with Gasteiger partial charge < -0.3 is 9.15 Å². The fourth-order valence-electron chi connectivity index (χ4n) is 3.27. The van der Waals surface area contributed by atoms with E-state index in [0.717, 1.165) is 25.7 Å². The Balaban J connectivity index is 1.74. The van der Waals surface area contributed by atoms with E-state index in [0.29, 0.717) is 12.4 Å². The summed E-state index contributed by atoms with van der Waals surface area (Å²) in [5.41, 5.74) is -0.0328. The Hall–Kier alpha value is -0.800. The van der Waals surface area contributed by atoms with Crippen molar-refractivity contribution in [1.29, 1.82) is 0 Å². The number of hydrogen-bond donors (Lipinski definition) is 0. The largest absolute Gasteiger partial charge is 0.442 e. The molecule has 1 aromatic heterocycles. The minimum atomic E-state index is -0.0328. The predicted molar refractivity (Wildman–Crippen MR) is 67.9 cm³/mol. The third-order valence-electron chi connectivity index (χ3n) is 4.19. The SMILES string of the molecule is O=C(c1ccc(Cl)o1)C1CCOC2(CCCC2)C1. The molecule has 0 bridgehead atoms. The summed E-state index contributed by atoms with van der Waals surface area (Å²) in [5, 5.41) is 0.279. The zero-order valence-electron chi connectivity index (χ0n) is 10.3. The summed E-state index contributed by atoms with van der Waals surface area (Å²) in [6.45, 7) is 0.685. The quantitative estimate of drug-likeness (QED) is 0.765. The monoisotopic (exact) mass is 268 g/mol. The summed E-state index contributed by atoms with van der Waals surface area (Å²) in [4.78, 5) is 12.3. The number of carbonyl (C=O) groups is 1. The second-order valence-electron chi connectivity index (χ2n) is 5.40. The highest BCUT2D eigenvalue weighted by molar-refractivity contribution is 6.29. The first-order valence-electron chi connectivity index (χ1n) is 6.62. The van der Waals surface area contributed by atoms with Crippen LogP contribution in [-0.4, -0.2) is 18.0 Å². The fourth-order valence-corrected chi connectivity index (χ4v) is 3.41. The summed E-state index contributed by atoms with van der Waals surface area (Å²) in [6.07, 6.45) is 6.25. The molecular formula is C14H17ClO3. The van der Waals surface area contributed by atoms with Crippen LogP contribution in [0.2, 0.25) is 5.22 Å². The van der Waals surface area contributed by atoms with E-state index in [1.807, 2.05) is 0 Å². The molecule has 0 radical (unpaired) electrons. The van der Waals surface area contributed by atoms with Crippen molar-refractivity contribution in [3.63, 3.8) is 0 Å². The Morgan fingerprint density at radius 3 is 2.78 bits per heavy atom. The van der Waals surface area contributed by atoms with Gasteiger partial charge in [0, 0.05) is 12.5 Å². The summed E-state index contributed by atoms with van der Waals surface area (Å²) >= 11 is 5.72. The standard InChI is InChI=1S/C14H17ClO3/c15-12-4-3-11(18-12)13(16)10-5-8-17-14(9-10)6-1-2-7-14/h3-4,10H,1-2,5-9H2. The number of halogens is 1. The van der Waals surface area contributed by atoms with E-state index in [1.54, 1.807) is 12.1 Å². The Morgan fingerprint density at radius 2 is 2.11 bits per heavy atom. The van der Waals surface area contributed by atoms with Gasteiger partial charge in [-0.05, 0) is 49.4 Å². The zero-order chi connectivity index (χ0) is 12.6. The van der Waals surface area contributed by atoms with Crippen LogP contribution < -0.4 is 0 Å². The van der Waals surface area contributed by atoms with Gasteiger partial charge in [-0.3, -0.25) is 4.79 Å². The molecule has 98 valence electrons. The third-order valence-corrected chi connectivity index (χ3v) is 4.40. The van der Waals surface area contributed by atoms with E-state index in [4.69, 9.17) is 20.8 Å². The fraction of sp³-hybridized carbons (Fsp3) is 0.643. The van der Waals surface area contributed by atoms with Crippen LogP contribution in [0.25, 0.3) is 0 Å². The van der Waals surface area contributed by atoms with Crippen LogP contribution in [-0.2, 0) is 4.74 Å². The lowest BCUT2D eigenvalue weighted by Crippen LogP contribution is -2.39. The van der Waals surface area contributed by atoms with Crippen molar-refractivity contribution < 1.29 is 13.9 Å². The van der Waals surface area contributed by atoms with Gasteiger partial charge >= 0.3 is 0 Å². The molecule has 1 aliphatic heterocycles. The van der Waals surface area contributed by atoms with Crippen LogP contribution in [0, 0.1) is 5.92 Å². The molecule has 4 heteroatoms. The number of furan rings is 1. The van der Waals surface area contributed by atoms with E-state index < -0.39 is 0 Å². The van der Waals surface area contributed by atoms with Gasteiger partial charge in [0.25, 0.3) is 0 Å². The first-order valence-corrected chi connectivity index (χ1v) is 7.00. The van der Waals surface area contributed by atoms with Gasteiger partial charge in [-0.15, -0.1) is 0 Å². The first kappa shape index (κ1) is 12.2. The number of carbonyl (C=O) groups excluding carboxylic acids is 1. The normalized spacial score (nSPS) is 26.6. The minimum Gasteiger partial charge on any atom is -0.442 e. The van der Waals surface area contributed by atoms with Crippen LogP contribution in [0.4, 0.5) is 0 Å². The van der Waals surface area contributed by atoms with Gasteiger partial charge in [-0.1, -0.05) is 12.8 Å². The molecule has 3 rings (SSSR count). The van der Waals surface area contributed by atoms with E-state index in [1.165, 1.54) is 12.8 Å². The molecular weight excluding hydrogens is 252 g/mol. The van der Waals surface area contributed by atoms with Crippen molar-refractivity contribution in [3.8, 4) is 0 Å². The summed E-state index contributed by atoms with van der Waals surface area (Å²) in [5.74, 6) is 0.496. The lowest BCUT2D eigenvalue weighted by Gasteiger charge is -2.37. The van der Waals surface area contributed by atoms with Gasteiger partial charge in [0.05, 0.1) is 5.60 Å². The number of ketones is 1. The Morgan fingerprint density at radius 1 is 1.33 bits per heavy atom. The van der Waals surface area contributed by atoms with Crippen LogP contribution in [0.3, 0.4) is 0 Å². The highest BCUT2D eigenvalue weighted by Crippen LogP contribution is 2.42. The highest BCUT2D eigenvalue weighted by atomic mass is 35.5. The molecule has 0 amide bonds. The maximum Gasteiger partial charge on any atom is 0.201 e. The van der Waals surface area contributed by atoms with E-state index in [9.17, 15) is 4.79 Å². The maximum absolute atomic E-state index is 12.3. The predicted octanol–water partition coefficient (Wildman–Crippen LogP) is 3.86. The molecule has 1 aromatic rings. The molecule has 0 aromatic carbocycles. The minimum absolute atomic E-state index is 0.0269. The molecule has 3 nitrogen and oxygen atoms in total. The van der Waals surface area contributed by atoms with Crippen LogP contribution >= 0.6 is 11.6 Å². The number of ether oxygens (including phenoxy) is 1. The summed E-state index contributed by atoms with van der Waals surface area (Å²) in [6, 6.07) is 3.29. The third kappa shape index (κ3) is 2.21. The van der Waals surface area contributed by atoms with Gasteiger partial charge in [-0.2, -0.15) is 0 Å². The number of Topliss-reactive ketones (excluding diaryl/α,β-unsaturated/α-hetero) is 1. The molecule has 0 N–H and O–H groups in total. The highest BCUT2D eigenvalue weighted by Gasteiger charge is 2.42. The van der Waals surface area contributed by atoms with Crippen molar-refractivity contribution >= 4 is 17.4 Å². The van der Waals surface area contributed by atoms with Crippen molar-refractivity contribution in [2.24, 2.45) is 5.92 Å². The van der Waals surface area contributed by atoms with E-state index in [2.05, 4.69) is 0 Å². The van der Waals surface area contributed by atoms with Crippen LogP contribution in [0.5, 0.6) is 0 Å². The molecule has 1 saturated carbocycles. The second-order valence-corrected chi connectivity index (χ2v) is 5.77. The van der Waals surface area contributed by atoms with E-state index in [-0.39, 0.29) is 22.5 Å². The molecule has 18 heavy (non-hydrogen) atoms. The van der Waals surface area contributed by atoms with Crippen molar-refractivity contribution in [1.82, 2.24) is 0 Å². The Bertz CT molecular complexity index is 446. The smallest absolute Gasteiger partial charge is 0.201 e. The average molecular weight is 269 g/mol. The molecule has 1 spiro atoms. The molecule has 2 aliphatic rings. The number of rotatable bonds is 2. The van der Waals surface area contributed by atoms with Gasteiger partial charge in [-0.25, -0.2) is 0 Å². The maximum atomic E-state index is 12.3. The van der Waals surface area contributed by atoms with E-state index >= 15 is 0 Å². The summed E-state index contributed by atoms with van der Waals surface area (Å²) < 4.78 is 11.2. The Kier molecular flexibility index (Phi) is 3.20. The number of hydrogen-bond acceptors (Lipinski definition) is 3. The topological polar surface area (TPSA) is 39.4 Å². The second kappa shape index (κ2) is 4.71. The molecule has 1 saturated heterocycles.